The van der Waals surface area contributed by atoms with E-state index in [0.29, 0.717) is 13.1 Å². The monoisotopic (exact) mass is 315 g/mol. The zero-order valence-corrected chi connectivity index (χ0v) is 13.8. The summed E-state index contributed by atoms with van der Waals surface area (Å²) in [5, 5.41) is 9.95. The van der Waals surface area contributed by atoms with Crippen LogP contribution in [0.2, 0.25) is 0 Å². The lowest BCUT2D eigenvalue weighted by Crippen LogP contribution is -2.36. The van der Waals surface area contributed by atoms with Gasteiger partial charge >= 0.3 is 6.03 Å². The van der Waals surface area contributed by atoms with Crippen molar-refractivity contribution in [1.82, 2.24) is 20.0 Å². The van der Waals surface area contributed by atoms with Crippen LogP contribution in [-0.4, -0.2) is 46.9 Å². The lowest BCUT2D eigenvalue weighted by molar-refractivity contribution is 0.248. The van der Waals surface area contributed by atoms with Crippen LogP contribution in [0.25, 0.3) is 0 Å². The zero-order valence-electron chi connectivity index (χ0n) is 13.8. The molecule has 124 valence electrons. The number of carbonyl (C=O) groups excluding carboxylic acids is 1. The molecule has 2 N–H and O–H groups in total. The van der Waals surface area contributed by atoms with Crippen LogP contribution < -0.4 is 10.6 Å². The molecule has 1 heterocycles. The molecule has 1 aromatic carbocycles. The van der Waals surface area contributed by atoms with Crippen molar-refractivity contribution in [3.8, 4) is 0 Å². The fourth-order valence-electron chi connectivity index (χ4n) is 2.37. The van der Waals surface area contributed by atoms with Gasteiger partial charge in [0, 0.05) is 31.2 Å². The maximum atomic E-state index is 11.9. The van der Waals surface area contributed by atoms with Crippen molar-refractivity contribution < 1.29 is 4.79 Å². The van der Waals surface area contributed by atoms with Gasteiger partial charge in [-0.2, -0.15) is 5.10 Å². The average molecular weight is 315 g/mol. The molecular formula is C17H25N5O. The van der Waals surface area contributed by atoms with E-state index in [2.05, 4.69) is 34.5 Å². The number of rotatable bonds is 8. The molecule has 1 aromatic heterocycles. The molecular weight excluding hydrogens is 290 g/mol. The highest BCUT2D eigenvalue weighted by molar-refractivity contribution is 5.89. The molecule has 6 nitrogen and oxygen atoms in total. The summed E-state index contributed by atoms with van der Waals surface area (Å²) in [6.45, 7) is 8.42. The van der Waals surface area contributed by atoms with Gasteiger partial charge in [-0.1, -0.05) is 26.0 Å². The molecule has 0 unspecified atom stereocenters. The van der Waals surface area contributed by atoms with Crippen molar-refractivity contribution in [3.63, 3.8) is 0 Å². The van der Waals surface area contributed by atoms with Crippen molar-refractivity contribution in [2.45, 2.75) is 20.4 Å². The van der Waals surface area contributed by atoms with Crippen LogP contribution in [0.15, 0.2) is 42.7 Å². The van der Waals surface area contributed by atoms with Gasteiger partial charge in [-0.3, -0.25) is 4.68 Å². The Morgan fingerprint density at radius 2 is 2.09 bits per heavy atom. The summed E-state index contributed by atoms with van der Waals surface area (Å²) in [6, 6.07) is 9.52. The third kappa shape index (κ3) is 5.75. The van der Waals surface area contributed by atoms with Gasteiger partial charge in [-0.05, 0) is 36.9 Å². The number of urea groups is 1. The van der Waals surface area contributed by atoms with E-state index in [1.54, 1.807) is 6.20 Å². The Labute approximate surface area is 137 Å². The second kappa shape index (κ2) is 8.95. The number of carbonyl (C=O) groups is 1. The molecule has 0 atom stereocenters. The smallest absolute Gasteiger partial charge is 0.319 e. The van der Waals surface area contributed by atoms with Crippen LogP contribution in [0.5, 0.6) is 0 Å². The van der Waals surface area contributed by atoms with E-state index < -0.39 is 0 Å². The van der Waals surface area contributed by atoms with Crippen LogP contribution >= 0.6 is 0 Å². The third-order valence-electron chi connectivity index (χ3n) is 3.70. The Bertz CT molecular complexity index is 593. The van der Waals surface area contributed by atoms with Crippen molar-refractivity contribution in [1.29, 1.82) is 0 Å². The predicted octanol–water partition coefficient (Wildman–Crippen LogP) is 2.39. The van der Waals surface area contributed by atoms with Gasteiger partial charge in [-0.25, -0.2) is 4.79 Å². The average Bonchev–Trinajstić information content (AvgIpc) is 3.05. The molecule has 0 saturated carbocycles. The first-order valence-corrected chi connectivity index (χ1v) is 8.04. The van der Waals surface area contributed by atoms with Crippen LogP contribution in [-0.2, 0) is 6.54 Å². The van der Waals surface area contributed by atoms with Crippen LogP contribution in [0.1, 0.15) is 19.4 Å². The molecule has 0 aliphatic carbocycles. The van der Waals surface area contributed by atoms with Gasteiger partial charge in [0.25, 0.3) is 0 Å². The normalized spacial score (nSPS) is 10.7. The minimum absolute atomic E-state index is 0.173. The summed E-state index contributed by atoms with van der Waals surface area (Å²) >= 11 is 0. The fourth-order valence-corrected chi connectivity index (χ4v) is 2.37. The van der Waals surface area contributed by atoms with Gasteiger partial charge in [-0.15, -0.1) is 0 Å². The number of likely N-dealkylation sites (N-methyl/N-ethyl adjacent to an activating group) is 1. The lowest BCUT2D eigenvalue weighted by Gasteiger charge is -2.18. The number of hydrogen-bond donors (Lipinski definition) is 2. The molecule has 0 bridgehead atoms. The summed E-state index contributed by atoms with van der Waals surface area (Å²) in [4.78, 5) is 14.2. The van der Waals surface area contributed by atoms with Crippen LogP contribution in [0.4, 0.5) is 10.5 Å². The minimum atomic E-state index is -0.173. The molecule has 0 radical (unpaired) electrons. The third-order valence-corrected chi connectivity index (χ3v) is 3.70. The van der Waals surface area contributed by atoms with E-state index in [0.717, 1.165) is 30.9 Å². The number of aromatic nitrogens is 2. The van der Waals surface area contributed by atoms with Crippen molar-refractivity contribution in [3.05, 3.63) is 48.3 Å². The number of anilines is 1. The van der Waals surface area contributed by atoms with Crippen molar-refractivity contribution >= 4 is 11.7 Å². The standard InChI is InChI=1S/C17H25N5O/c1-3-21(4-2)12-10-18-17(23)20-16-8-5-7-15(13-16)14-22-11-6-9-19-22/h5-9,11,13H,3-4,10,12,14H2,1-2H3,(H2,18,20,23). The first-order chi connectivity index (χ1) is 11.2. The lowest BCUT2D eigenvalue weighted by atomic mass is 10.2. The molecule has 2 aromatic rings. The topological polar surface area (TPSA) is 62.2 Å². The van der Waals surface area contributed by atoms with Crippen molar-refractivity contribution in [2.24, 2.45) is 0 Å². The summed E-state index contributed by atoms with van der Waals surface area (Å²) in [5.74, 6) is 0. The van der Waals surface area contributed by atoms with Gasteiger partial charge in [0.15, 0.2) is 0 Å². The van der Waals surface area contributed by atoms with E-state index in [1.165, 1.54) is 0 Å². The van der Waals surface area contributed by atoms with Gasteiger partial charge in [0.1, 0.15) is 0 Å². The Kier molecular flexibility index (Phi) is 6.62. The second-order valence-corrected chi connectivity index (χ2v) is 5.31. The SMILES string of the molecule is CCN(CC)CCNC(=O)Nc1cccc(Cn2cccn2)c1. The second-order valence-electron chi connectivity index (χ2n) is 5.31. The Morgan fingerprint density at radius 1 is 1.26 bits per heavy atom. The van der Waals surface area contributed by atoms with Crippen LogP contribution in [0.3, 0.4) is 0 Å². The fraction of sp³-hybridized carbons (Fsp3) is 0.412. The first-order valence-electron chi connectivity index (χ1n) is 8.04. The van der Waals surface area contributed by atoms with Gasteiger partial charge in [0.2, 0.25) is 0 Å². The molecule has 2 rings (SSSR count). The number of nitrogens with one attached hydrogen (secondary N) is 2. The number of nitrogens with zero attached hydrogens (tertiary/aromatic N) is 3. The molecule has 0 aliphatic heterocycles. The van der Waals surface area contributed by atoms with E-state index in [9.17, 15) is 4.79 Å². The maximum Gasteiger partial charge on any atom is 0.319 e. The van der Waals surface area contributed by atoms with Crippen LogP contribution in [0, 0.1) is 0 Å². The number of amides is 2. The summed E-state index contributed by atoms with van der Waals surface area (Å²) in [7, 11) is 0. The quantitative estimate of drug-likeness (QED) is 0.786. The van der Waals surface area contributed by atoms with Gasteiger partial charge in [0.05, 0.1) is 6.54 Å². The number of hydrogen-bond acceptors (Lipinski definition) is 3. The zero-order chi connectivity index (χ0) is 16.5. The molecule has 0 fully saturated rings. The van der Waals surface area contributed by atoms with E-state index in [-0.39, 0.29) is 6.03 Å². The molecule has 23 heavy (non-hydrogen) atoms. The maximum absolute atomic E-state index is 11.9. The molecule has 6 heteroatoms. The van der Waals surface area contributed by atoms with Gasteiger partial charge < -0.3 is 15.5 Å². The minimum Gasteiger partial charge on any atom is -0.337 e. The Hall–Kier alpha value is -2.34. The number of benzene rings is 1. The van der Waals surface area contributed by atoms with E-state index in [4.69, 9.17) is 0 Å². The molecule has 0 spiro atoms. The highest BCUT2D eigenvalue weighted by atomic mass is 16.2. The highest BCUT2D eigenvalue weighted by Crippen LogP contribution is 2.11. The Morgan fingerprint density at radius 3 is 2.78 bits per heavy atom. The predicted molar refractivity (Wildman–Crippen MR) is 92.6 cm³/mol. The molecule has 0 saturated heterocycles. The molecule has 0 aliphatic rings. The first kappa shape index (κ1) is 17.0. The highest BCUT2D eigenvalue weighted by Gasteiger charge is 2.04. The summed E-state index contributed by atoms with van der Waals surface area (Å²) < 4.78 is 1.85. The summed E-state index contributed by atoms with van der Waals surface area (Å²) in [6.07, 6.45) is 3.67. The largest absolute Gasteiger partial charge is 0.337 e. The van der Waals surface area contributed by atoms with E-state index >= 15 is 0 Å². The van der Waals surface area contributed by atoms with E-state index in [1.807, 2.05) is 41.2 Å². The Balaban J connectivity index is 1.81. The molecule has 2 amide bonds. The summed E-state index contributed by atoms with van der Waals surface area (Å²) in [5.41, 5.74) is 1.88. The van der Waals surface area contributed by atoms with Crippen molar-refractivity contribution in [2.75, 3.05) is 31.5 Å².